The number of halogens is 1. The molecule has 0 aliphatic carbocycles. The Labute approximate surface area is 121 Å². The molecule has 0 aliphatic heterocycles. The fraction of sp³-hybridized carbons (Fsp3) is 0. The zero-order valence-corrected chi connectivity index (χ0v) is 11.7. The Balaban J connectivity index is 1.79. The van der Waals surface area contributed by atoms with Crippen LogP contribution in [0.5, 0.6) is 0 Å². The van der Waals surface area contributed by atoms with Crippen molar-refractivity contribution in [1.29, 1.82) is 0 Å². The molecule has 0 radical (unpaired) electrons. The molecule has 0 fully saturated rings. The molecule has 2 aromatic heterocycles. The third kappa shape index (κ3) is 2.59. The highest BCUT2D eigenvalue weighted by Gasteiger charge is 2.14. The van der Waals surface area contributed by atoms with Crippen molar-refractivity contribution in [3.05, 3.63) is 53.2 Å². The maximum Gasteiger partial charge on any atom is 0.260 e. The van der Waals surface area contributed by atoms with Gasteiger partial charge in [0.15, 0.2) is 5.01 Å². The number of benzene rings is 1. The number of nitrogens with zero attached hydrogens (tertiary/aromatic N) is 2. The summed E-state index contributed by atoms with van der Waals surface area (Å²) in [5, 5.41) is 13.5. The largest absolute Gasteiger partial charge is 0.296 e. The molecule has 3 aromatic rings. The molecular formula is C13H8FN3OS2. The monoisotopic (exact) mass is 305 g/mol. The summed E-state index contributed by atoms with van der Waals surface area (Å²) in [6, 6.07) is 9.64. The zero-order chi connectivity index (χ0) is 13.9. The van der Waals surface area contributed by atoms with Gasteiger partial charge < -0.3 is 0 Å². The van der Waals surface area contributed by atoms with E-state index in [9.17, 15) is 9.18 Å². The van der Waals surface area contributed by atoms with E-state index >= 15 is 0 Å². The van der Waals surface area contributed by atoms with E-state index in [1.165, 1.54) is 29.5 Å². The summed E-state index contributed by atoms with van der Waals surface area (Å²) in [7, 11) is 0. The third-order valence-corrected chi connectivity index (χ3v) is 4.37. The summed E-state index contributed by atoms with van der Waals surface area (Å²) in [5.41, 5.74) is -0.0135. The molecule has 20 heavy (non-hydrogen) atoms. The van der Waals surface area contributed by atoms with E-state index in [-0.39, 0.29) is 5.56 Å². The Bertz CT molecular complexity index is 740. The first kappa shape index (κ1) is 12.9. The van der Waals surface area contributed by atoms with Crippen LogP contribution >= 0.6 is 22.7 Å². The predicted molar refractivity (Wildman–Crippen MR) is 77.6 cm³/mol. The number of amides is 1. The van der Waals surface area contributed by atoms with Crippen molar-refractivity contribution in [3.63, 3.8) is 0 Å². The fourth-order valence-corrected chi connectivity index (χ4v) is 3.11. The van der Waals surface area contributed by atoms with E-state index in [4.69, 9.17) is 0 Å². The fourth-order valence-electron chi connectivity index (χ4n) is 1.58. The maximum absolute atomic E-state index is 13.5. The molecular weight excluding hydrogens is 297 g/mol. The molecule has 0 bridgehead atoms. The minimum atomic E-state index is -0.562. The van der Waals surface area contributed by atoms with Crippen LogP contribution in [0.3, 0.4) is 0 Å². The first-order valence-electron chi connectivity index (χ1n) is 5.67. The SMILES string of the molecule is O=C(Nc1nnc(-c2cccs2)s1)c1ccccc1F. The Kier molecular flexibility index (Phi) is 3.53. The van der Waals surface area contributed by atoms with Crippen LogP contribution in [0, 0.1) is 5.82 Å². The van der Waals surface area contributed by atoms with Crippen molar-refractivity contribution in [2.24, 2.45) is 0 Å². The summed E-state index contributed by atoms with van der Waals surface area (Å²) in [5.74, 6) is -1.09. The molecule has 0 spiro atoms. The van der Waals surface area contributed by atoms with Crippen LogP contribution in [0.2, 0.25) is 0 Å². The van der Waals surface area contributed by atoms with Gasteiger partial charge in [0.2, 0.25) is 5.13 Å². The van der Waals surface area contributed by atoms with Crippen molar-refractivity contribution in [3.8, 4) is 9.88 Å². The third-order valence-electron chi connectivity index (χ3n) is 2.50. The number of anilines is 1. The number of rotatable bonds is 3. The number of hydrogen-bond acceptors (Lipinski definition) is 5. The molecule has 1 N–H and O–H groups in total. The van der Waals surface area contributed by atoms with Crippen molar-refractivity contribution in [2.75, 3.05) is 5.32 Å². The van der Waals surface area contributed by atoms with Crippen molar-refractivity contribution in [1.82, 2.24) is 10.2 Å². The van der Waals surface area contributed by atoms with E-state index in [1.807, 2.05) is 17.5 Å². The van der Waals surface area contributed by atoms with Gasteiger partial charge in [0, 0.05) is 0 Å². The second kappa shape index (κ2) is 5.48. The average molecular weight is 305 g/mol. The Morgan fingerprint density at radius 2 is 2.00 bits per heavy atom. The summed E-state index contributed by atoms with van der Waals surface area (Å²) in [4.78, 5) is 12.9. The zero-order valence-electron chi connectivity index (χ0n) is 10.0. The van der Waals surface area contributed by atoms with Gasteiger partial charge in [0.25, 0.3) is 5.91 Å². The van der Waals surface area contributed by atoms with Gasteiger partial charge in [-0.2, -0.15) is 0 Å². The number of thiophene rings is 1. The normalized spacial score (nSPS) is 10.4. The van der Waals surface area contributed by atoms with Crippen LogP contribution in [0.25, 0.3) is 9.88 Å². The van der Waals surface area contributed by atoms with E-state index < -0.39 is 11.7 Å². The lowest BCUT2D eigenvalue weighted by molar-refractivity contribution is 0.102. The van der Waals surface area contributed by atoms with Crippen LogP contribution in [0.4, 0.5) is 9.52 Å². The van der Waals surface area contributed by atoms with Gasteiger partial charge >= 0.3 is 0 Å². The Hall–Kier alpha value is -2.12. The minimum absolute atomic E-state index is 0.0135. The second-order valence-electron chi connectivity index (χ2n) is 3.82. The molecule has 3 rings (SSSR count). The molecule has 0 saturated carbocycles. The molecule has 1 amide bonds. The van der Waals surface area contributed by atoms with Crippen molar-refractivity contribution >= 4 is 33.7 Å². The Morgan fingerprint density at radius 3 is 2.75 bits per heavy atom. The van der Waals surface area contributed by atoms with Crippen molar-refractivity contribution < 1.29 is 9.18 Å². The van der Waals surface area contributed by atoms with Gasteiger partial charge in [-0.1, -0.05) is 29.5 Å². The van der Waals surface area contributed by atoms with Crippen LogP contribution < -0.4 is 5.32 Å². The van der Waals surface area contributed by atoms with E-state index in [0.29, 0.717) is 5.13 Å². The molecule has 0 aliphatic rings. The number of carbonyl (C=O) groups excluding carboxylic acids is 1. The smallest absolute Gasteiger partial charge is 0.260 e. The van der Waals surface area contributed by atoms with Crippen LogP contribution in [-0.2, 0) is 0 Å². The van der Waals surface area contributed by atoms with E-state index in [0.717, 1.165) is 9.88 Å². The molecule has 100 valence electrons. The van der Waals surface area contributed by atoms with E-state index in [2.05, 4.69) is 15.5 Å². The number of carbonyl (C=O) groups is 1. The predicted octanol–water partition coefficient (Wildman–Crippen LogP) is 3.66. The van der Waals surface area contributed by atoms with Gasteiger partial charge in [-0.3, -0.25) is 10.1 Å². The van der Waals surface area contributed by atoms with Crippen LogP contribution in [-0.4, -0.2) is 16.1 Å². The molecule has 0 saturated heterocycles. The summed E-state index contributed by atoms with van der Waals surface area (Å²) in [6.45, 7) is 0. The number of hydrogen-bond donors (Lipinski definition) is 1. The number of aromatic nitrogens is 2. The summed E-state index contributed by atoms with van der Waals surface area (Å²) < 4.78 is 13.5. The van der Waals surface area contributed by atoms with E-state index in [1.54, 1.807) is 17.4 Å². The first-order valence-corrected chi connectivity index (χ1v) is 7.37. The standard InChI is InChI=1S/C13H8FN3OS2/c14-9-5-2-1-4-8(9)11(18)15-13-17-16-12(20-13)10-6-3-7-19-10/h1-7H,(H,15,17,18). The molecule has 0 atom stereocenters. The number of nitrogens with one attached hydrogen (secondary N) is 1. The van der Waals surface area contributed by atoms with Gasteiger partial charge in [-0.15, -0.1) is 21.5 Å². The molecule has 1 aromatic carbocycles. The first-order chi connectivity index (χ1) is 9.74. The van der Waals surface area contributed by atoms with Crippen molar-refractivity contribution in [2.45, 2.75) is 0 Å². The topological polar surface area (TPSA) is 54.9 Å². The maximum atomic E-state index is 13.5. The summed E-state index contributed by atoms with van der Waals surface area (Å²) in [6.07, 6.45) is 0. The quantitative estimate of drug-likeness (QED) is 0.803. The van der Waals surface area contributed by atoms with Gasteiger partial charge in [-0.25, -0.2) is 4.39 Å². The average Bonchev–Trinajstić information content (AvgIpc) is 3.09. The van der Waals surface area contributed by atoms with Gasteiger partial charge in [0.05, 0.1) is 10.4 Å². The highest BCUT2D eigenvalue weighted by Crippen LogP contribution is 2.29. The second-order valence-corrected chi connectivity index (χ2v) is 5.75. The van der Waals surface area contributed by atoms with Gasteiger partial charge in [0.1, 0.15) is 5.82 Å². The molecule has 2 heterocycles. The van der Waals surface area contributed by atoms with Crippen LogP contribution in [0.15, 0.2) is 41.8 Å². The summed E-state index contributed by atoms with van der Waals surface area (Å²) >= 11 is 2.80. The Morgan fingerprint density at radius 1 is 1.15 bits per heavy atom. The minimum Gasteiger partial charge on any atom is -0.296 e. The van der Waals surface area contributed by atoms with Gasteiger partial charge in [-0.05, 0) is 23.6 Å². The molecule has 4 nitrogen and oxygen atoms in total. The molecule has 7 heteroatoms. The highest BCUT2D eigenvalue weighted by molar-refractivity contribution is 7.23. The lowest BCUT2D eigenvalue weighted by Crippen LogP contribution is -2.13. The molecule has 0 unspecified atom stereocenters. The van der Waals surface area contributed by atoms with Crippen LogP contribution in [0.1, 0.15) is 10.4 Å². The highest BCUT2D eigenvalue weighted by atomic mass is 32.1. The lowest BCUT2D eigenvalue weighted by Gasteiger charge is -2.01. The lowest BCUT2D eigenvalue weighted by atomic mass is 10.2.